The van der Waals surface area contributed by atoms with Crippen molar-refractivity contribution in [3.05, 3.63) is 18.0 Å². The molecule has 0 bridgehead atoms. The van der Waals surface area contributed by atoms with E-state index in [1.54, 1.807) is 0 Å². The molecule has 1 aromatic rings. The van der Waals surface area contributed by atoms with Gasteiger partial charge in [0.15, 0.2) is 0 Å². The lowest BCUT2D eigenvalue weighted by atomic mass is 9.89. The lowest BCUT2D eigenvalue weighted by Crippen LogP contribution is -2.44. The van der Waals surface area contributed by atoms with E-state index in [0.29, 0.717) is 18.6 Å². The molecule has 2 aliphatic heterocycles. The van der Waals surface area contributed by atoms with Crippen molar-refractivity contribution in [1.29, 1.82) is 0 Å². The molecule has 3 aliphatic rings. The summed E-state index contributed by atoms with van der Waals surface area (Å²) >= 11 is 0. The van der Waals surface area contributed by atoms with Gasteiger partial charge in [-0.2, -0.15) is 0 Å². The number of anilines is 1. The molecule has 4 atom stereocenters. The van der Waals surface area contributed by atoms with Crippen molar-refractivity contribution in [3.8, 4) is 0 Å². The molecule has 0 spiro atoms. The van der Waals surface area contributed by atoms with E-state index in [0.717, 1.165) is 24.8 Å². The first kappa shape index (κ1) is 19.1. The highest BCUT2D eigenvalue weighted by Gasteiger charge is 2.47. The van der Waals surface area contributed by atoms with E-state index in [1.807, 2.05) is 12.3 Å². The number of nitrogens with one attached hydrogen (secondary N) is 2. The fourth-order valence-corrected chi connectivity index (χ4v) is 4.52. The summed E-state index contributed by atoms with van der Waals surface area (Å²) in [6.45, 7) is 8.95. The molecule has 6 nitrogen and oxygen atoms in total. The van der Waals surface area contributed by atoms with Gasteiger partial charge in [-0.3, -0.25) is 0 Å². The molecule has 6 heteroatoms. The van der Waals surface area contributed by atoms with Gasteiger partial charge in [0, 0.05) is 11.6 Å². The Hall–Kier alpha value is -1.24. The summed E-state index contributed by atoms with van der Waals surface area (Å²) in [4.78, 5) is 9.09. The predicted molar refractivity (Wildman–Crippen MR) is 106 cm³/mol. The molecule has 0 aromatic carbocycles. The quantitative estimate of drug-likeness (QED) is 0.826. The Bertz CT molecular complexity index is 627. The molecule has 1 aliphatic carbocycles. The summed E-state index contributed by atoms with van der Waals surface area (Å²) < 4.78 is 12.2. The number of nitrogens with zero attached hydrogens (tertiary/aromatic N) is 2. The van der Waals surface area contributed by atoms with Crippen LogP contribution in [-0.2, 0) is 14.9 Å². The summed E-state index contributed by atoms with van der Waals surface area (Å²) in [7, 11) is 0. The van der Waals surface area contributed by atoms with E-state index in [4.69, 9.17) is 9.47 Å². The highest BCUT2D eigenvalue weighted by Crippen LogP contribution is 2.30. The van der Waals surface area contributed by atoms with Crippen LogP contribution < -0.4 is 10.6 Å². The minimum atomic E-state index is 0.00603. The summed E-state index contributed by atoms with van der Waals surface area (Å²) in [6.07, 6.45) is 8.91. The molecule has 1 aromatic heterocycles. The van der Waals surface area contributed by atoms with Crippen molar-refractivity contribution in [2.24, 2.45) is 5.92 Å². The van der Waals surface area contributed by atoms with E-state index in [2.05, 4.69) is 41.4 Å². The summed E-state index contributed by atoms with van der Waals surface area (Å²) in [5.41, 5.74) is 1.04. The van der Waals surface area contributed by atoms with Crippen molar-refractivity contribution in [3.63, 3.8) is 0 Å². The maximum atomic E-state index is 6.11. The van der Waals surface area contributed by atoms with Gasteiger partial charge in [-0.25, -0.2) is 9.97 Å². The zero-order chi connectivity index (χ0) is 18.9. The van der Waals surface area contributed by atoms with Crippen LogP contribution in [0.25, 0.3) is 0 Å². The highest BCUT2D eigenvalue weighted by atomic mass is 16.6. The third-order valence-corrected chi connectivity index (χ3v) is 6.19. The SMILES string of the molecule is CC(C)(C)c1ccnc(N[C@@H]2CO[C@@H]3[C@@H]2OC[C@@H]3NCC2CCCCC2)n1. The van der Waals surface area contributed by atoms with Crippen molar-refractivity contribution >= 4 is 5.95 Å². The van der Waals surface area contributed by atoms with E-state index in [-0.39, 0.29) is 23.7 Å². The lowest BCUT2D eigenvalue weighted by molar-refractivity contribution is 0.0671. The van der Waals surface area contributed by atoms with Crippen LogP contribution in [0.2, 0.25) is 0 Å². The van der Waals surface area contributed by atoms with Gasteiger partial charge in [0.1, 0.15) is 12.2 Å². The Labute approximate surface area is 162 Å². The molecular weight excluding hydrogens is 340 g/mol. The number of fused-ring (bicyclic) bond motifs is 1. The molecule has 3 fully saturated rings. The minimum absolute atomic E-state index is 0.00603. The lowest BCUT2D eigenvalue weighted by Gasteiger charge is -2.25. The van der Waals surface area contributed by atoms with Crippen LogP contribution in [0.3, 0.4) is 0 Å². The normalized spacial score (nSPS) is 31.8. The second kappa shape index (κ2) is 8.02. The van der Waals surface area contributed by atoms with Crippen LogP contribution in [0.15, 0.2) is 12.3 Å². The first-order chi connectivity index (χ1) is 13.0. The fraction of sp³-hybridized carbons (Fsp3) is 0.810. The molecule has 4 rings (SSSR count). The van der Waals surface area contributed by atoms with Gasteiger partial charge in [-0.1, -0.05) is 40.0 Å². The molecule has 1 saturated carbocycles. The molecule has 2 N–H and O–H groups in total. The van der Waals surface area contributed by atoms with Crippen molar-refractivity contribution in [2.75, 3.05) is 25.1 Å². The van der Waals surface area contributed by atoms with Crippen LogP contribution in [-0.4, -0.2) is 54.0 Å². The predicted octanol–water partition coefficient (Wildman–Crippen LogP) is 2.89. The standard InChI is InChI=1S/C21H34N4O2/c1-21(2,3)17-9-10-22-20(25-17)24-16-13-27-18-15(12-26-19(16)18)23-11-14-7-5-4-6-8-14/h9-10,14-16,18-19,23H,4-8,11-13H2,1-3H3,(H,22,24,25)/t15-,16+,18-,19+/m0/s1. The van der Waals surface area contributed by atoms with Gasteiger partial charge in [0.05, 0.1) is 31.0 Å². The minimum Gasteiger partial charge on any atom is -0.371 e. The molecule has 0 amide bonds. The molecule has 27 heavy (non-hydrogen) atoms. The van der Waals surface area contributed by atoms with Crippen LogP contribution in [0.4, 0.5) is 5.95 Å². The van der Waals surface area contributed by atoms with Gasteiger partial charge in [-0.15, -0.1) is 0 Å². The topological polar surface area (TPSA) is 68.3 Å². The van der Waals surface area contributed by atoms with E-state index < -0.39 is 0 Å². The van der Waals surface area contributed by atoms with Gasteiger partial charge in [0.2, 0.25) is 5.95 Å². The second-order valence-electron chi connectivity index (χ2n) is 9.38. The zero-order valence-corrected chi connectivity index (χ0v) is 16.9. The molecule has 2 saturated heterocycles. The largest absolute Gasteiger partial charge is 0.371 e. The monoisotopic (exact) mass is 374 g/mol. The molecule has 0 radical (unpaired) electrons. The summed E-state index contributed by atoms with van der Waals surface area (Å²) in [5, 5.41) is 7.18. The Balaban J connectivity index is 1.32. The van der Waals surface area contributed by atoms with Gasteiger partial charge in [0.25, 0.3) is 0 Å². The highest BCUT2D eigenvalue weighted by molar-refractivity contribution is 5.30. The zero-order valence-electron chi connectivity index (χ0n) is 16.9. The average Bonchev–Trinajstić information content (AvgIpc) is 3.24. The van der Waals surface area contributed by atoms with Gasteiger partial charge in [-0.05, 0) is 31.4 Å². The number of rotatable bonds is 5. The van der Waals surface area contributed by atoms with E-state index in [1.165, 1.54) is 32.1 Å². The van der Waals surface area contributed by atoms with Gasteiger partial charge < -0.3 is 20.1 Å². The van der Waals surface area contributed by atoms with E-state index in [9.17, 15) is 0 Å². The second-order valence-corrected chi connectivity index (χ2v) is 9.38. The number of hydrogen-bond acceptors (Lipinski definition) is 6. The van der Waals surface area contributed by atoms with Crippen LogP contribution in [0.1, 0.15) is 58.6 Å². The van der Waals surface area contributed by atoms with Crippen molar-refractivity contribution < 1.29 is 9.47 Å². The van der Waals surface area contributed by atoms with Gasteiger partial charge >= 0.3 is 0 Å². The first-order valence-electron chi connectivity index (χ1n) is 10.6. The maximum Gasteiger partial charge on any atom is 0.223 e. The molecule has 150 valence electrons. The Kier molecular flexibility index (Phi) is 5.67. The first-order valence-corrected chi connectivity index (χ1v) is 10.6. The van der Waals surface area contributed by atoms with Crippen LogP contribution in [0.5, 0.6) is 0 Å². The number of ether oxygens (including phenoxy) is 2. The van der Waals surface area contributed by atoms with E-state index >= 15 is 0 Å². The third-order valence-electron chi connectivity index (χ3n) is 6.19. The molecular formula is C21H34N4O2. The Morgan fingerprint density at radius 3 is 2.48 bits per heavy atom. The third kappa shape index (κ3) is 4.44. The smallest absolute Gasteiger partial charge is 0.223 e. The fourth-order valence-electron chi connectivity index (χ4n) is 4.52. The Morgan fingerprint density at radius 1 is 1.04 bits per heavy atom. The summed E-state index contributed by atoms with van der Waals surface area (Å²) in [6, 6.07) is 2.38. The average molecular weight is 375 g/mol. The molecule has 0 unspecified atom stereocenters. The number of aromatic nitrogens is 2. The van der Waals surface area contributed by atoms with Crippen LogP contribution >= 0.6 is 0 Å². The van der Waals surface area contributed by atoms with Crippen molar-refractivity contribution in [2.45, 2.75) is 82.6 Å². The Morgan fingerprint density at radius 2 is 1.74 bits per heavy atom. The summed E-state index contributed by atoms with van der Waals surface area (Å²) in [5.74, 6) is 1.49. The van der Waals surface area contributed by atoms with Crippen LogP contribution in [0, 0.1) is 5.92 Å². The maximum absolute atomic E-state index is 6.11. The molecule has 3 heterocycles. The van der Waals surface area contributed by atoms with Crippen molar-refractivity contribution in [1.82, 2.24) is 15.3 Å². The number of hydrogen-bond donors (Lipinski definition) is 2.